The van der Waals surface area contributed by atoms with Crippen molar-refractivity contribution in [2.75, 3.05) is 13.2 Å². The lowest BCUT2D eigenvalue weighted by Gasteiger charge is -2.03. The second kappa shape index (κ2) is 7.78. The Morgan fingerprint density at radius 1 is 1.44 bits per heavy atom. The van der Waals surface area contributed by atoms with E-state index >= 15 is 0 Å². The number of amides is 1. The quantitative estimate of drug-likeness (QED) is 0.304. The van der Waals surface area contributed by atoms with Gasteiger partial charge in [0.2, 0.25) is 5.91 Å². The Bertz CT molecular complexity index is 303. The van der Waals surface area contributed by atoms with Crippen molar-refractivity contribution in [1.29, 1.82) is 0 Å². The Morgan fingerprint density at radius 3 is 3.00 bits per heavy atom. The highest BCUT2D eigenvalue weighted by Gasteiger charge is 1.98. The molecule has 0 aliphatic rings. The van der Waals surface area contributed by atoms with E-state index in [4.69, 9.17) is 10.6 Å². The number of hydrogen-bond donors (Lipinski definition) is 2. The zero-order valence-corrected chi connectivity index (χ0v) is 9.19. The second-order valence-electron chi connectivity index (χ2n) is 3.35. The largest absolute Gasteiger partial charge is 0.381 e. The molecule has 16 heavy (non-hydrogen) atoms. The van der Waals surface area contributed by atoms with Crippen molar-refractivity contribution in [2.24, 2.45) is 5.84 Å². The fourth-order valence-electron chi connectivity index (χ4n) is 1.23. The van der Waals surface area contributed by atoms with Crippen molar-refractivity contribution in [3.63, 3.8) is 0 Å². The van der Waals surface area contributed by atoms with Gasteiger partial charge in [-0.25, -0.2) is 5.84 Å². The minimum Gasteiger partial charge on any atom is -0.381 e. The summed E-state index contributed by atoms with van der Waals surface area (Å²) < 4.78 is 5.37. The van der Waals surface area contributed by atoms with Gasteiger partial charge in [-0.05, 0) is 18.6 Å². The zero-order valence-electron chi connectivity index (χ0n) is 9.19. The molecule has 5 heteroatoms. The van der Waals surface area contributed by atoms with E-state index in [-0.39, 0.29) is 5.91 Å². The first-order chi connectivity index (χ1) is 7.83. The van der Waals surface area contributed by atoms with Crippen molar-refractivity contribution < 1.29 is 9.53 Å². The second-order valence-corrected chi connectivity index (χ2v) is 3.35. The molecule has 88 valence electrons. The van der Waals surface area contributed by atoms with E-state index in [1.54, 1.807) is 6.20 Å². The lowest BCUT2D eigenvalue weighted by Crippen LogP contribution is -2.29. The third-order valence-electron chi connectivity index (χ3n) is 2.08. The summed E-state index contributed by atoms with van der Waals surface area (Å²) in [4.78, 5) is 14.9. The molecule has 0 radical (unpaired) electrons. The molecule has 0 saturated heterocycles. The number of nitrogens with two attached hydrogens (primary N) is 1. The van der Waals surface area contributed by atoms with Crippen LogP contribution in [0.4, 0.5) is 0 Å². The molecule has 0 fully saturated rings. The van der Waals surface area contributed by atoms with Crippen LogP contribution in [0.15, 0.2) is 24.4 Å². The lowest BCUT2D eigenvalue weighted by molar-refractivity contribution is -0.121. The predicted octanol–water partition coefficient (Wildman–Crippen LogP) is 0.411. The molecule has 0 aliphatic carbocycles. The molecule has 0 aliphatic heterocycles. The average Bonchev–Trinajstić information content (AvgIpc) is 2.34. The van der Waals surface area contributed by atoms with Crippen LogP contribution in [-0.2, 0) is 16.0 Å². The van der Waals surface area contributed by atoms with E-state index in [0.717, 1.165) is 12.1 Å². The maximum Gasteiger partial charge on any atom is 0.233 e. The number of nitrogens with zero attached hydrogens (tertiary/aromatic N) is 1. The molecule has 0 aromatic carbocycles. The molecule has 1 heterocycles. The number of carbonyl (C=O) groups excluding carboxylic acids is 1. The molecular weight excluding hydrogens is 206 g/mol. The minimum absolute atomic E-state index is 0.159. The first-order valence-electron chi connectivity index (χ1n) is 5.30. The van der Waals surface area contributed by atoms with Crippen molar-refractivity contribution in [3.05, 3.63) is 30.1 Å². The summed E-state index contributed by atoms with van der Waals surface area (Å²) in [5.74, 6) is 4.78. The van der Waals surface area contributed by atoms with E-state index in [0.29, 0.717) is 26.1 Å². The van der Waals surface area contributed by atoms with Crippen molar-refractivity contribution in [1.82, 2.24) is 10.4 Å². The van der Waals surface area contributed by atoms with Gasteiger partial charge in [-0.3, -0.25) is 15.2 Å². The molecule has 1 aromatic heterocycles. The highest BCUT2D eigenvalue weighted by Crippen LogP contribution is 1.96. The number of nitrogens with one attached hydrogen (secondary N) is 1. The first kappa shape index (κ1) is 12.6. The van der Waals surface area contributed by atoms with Crippen LogP contribution in [0.25, 0.3) is 0 Å². The summed E-state index contributed by atoms with van der Waals surface area (Å²) in [5, 5.41) is 0. The van der Waals surface area contributed by atoms with Crippen LogP contribution in [0, 0.1) is 0 Å². The monoisotopic (exact) mass is 223 g/mol. The summed E-state index contributed by atoms with van der Waals surface area (Å²) in [6.45, 7) is 1.20. The van der Waals surface area contributed by atoms with E-state index < -0.39 is 0 Å². The fourth-order valence-corrected chi connectivity index (χ4v) is 1.23. The molecule has 1 amide bonds. The number of rotatable bonds is 7. The molecule has 1 aromatic rings. The van der Waals surface area contributed by atoms with Gasteiger partial charge < -0.3 is 4.74 Å². The summed E-state index contributed by atoms with van der Waals surface area (Å²) in [6, 6.07) is 5.80. The SMILES string of the molecule is NNC(=O)CCCOCCc1ccccn1. The molecule has 0 bridgehead atoms. The fraction of sp³-hybridized carbons (Fsp3) is 0.455. The van der Waals surface area contributed by atoms with Gasteiger partial charge in [0, 0.05) is 31.3 Å². The summed E-state index contributed by atoms with van der Waals surface area (Å²) in [5.41, 5.74) is 3.09. The van der Waals surface area contributed by atoms with Crippen LogP contribution < -0.4 is 11.3 Å². The summed E-state index contributed by atoms with van der Waals surface area (Å²) >= 11 is 0. The third-order valence-corrected chi connectivity index (χ3v) is 2.08. The maximum atomic E-state index is 10.8. The third kappa shape index (κ3) is 5.43. The number of ether oxygens (including phenoxy) is 1. The molecule has 1 rings (SSSR count). The summed E-state index contributed by atoms with van der Waals surface area (Å²) in [6.07, 6.45) is 3.65. The van der Waals surface area contributed by atoms with E-state index in [1.807, 2.05) is 18.2 Å². The number of carbonyl (C=O) groups is 1. The lowest BCUT2D eigenvalue weighted by atomic mass is 10.3. The molecule has 0 atom stereocenters. The zero-order chi connectivity index (χ0) is 11.6. The topological polar surface area (TPSA) is 77.2 Å². The molecule has 5 nitrogen and oxygen atoms in total. The van der Waals surface area contributed by atoms with Gasteiger partial charge in [-0.1, -0.05) is 6.07 Å². The predicted molar refractivity (Wildman–Crippen MR) is 60.3 cm³/mol. The Labute approximate surface area is 95.0 Å². The maximum absolute atomic E-state index is 10.8. The van der Waals surface area contributed by atoms with Gasteiger partial charge in [0.15, 0.2) is 0 Å². The first-order valence-corrected chi connectivity index (χ1v) is 5.30. The van der Waals surface area contributed by atoms with Crippen LogP contribution in [0.3, 0.4) is 0 Å². The number of hydrogen-bond acceptors (Lipinski definition) is 4. The Hall–Kier alpha value is -1.46. The van der Waals surface area contributed by atoms with Gasteiger partial charge in [0.1, 0.15) is 0 Å². The highest BCUT2D eigenvalue weighted by molar-refractivity contribution is 5.75. The van der Waals surface area contributed by atoms with Crippen molar-refractivity contribution >= 4 is 5.91 Å². The molecule has 0 saturated carbocycles. The van der Waals surface area contributed by atoms with Gasteiger partial charge in [0.25, 0.3) is 0 Å². The summed E-state index contributed by atoms with van der Waals surface area (Å²) in [7, 11) is 0. The van der Waals surface area contributed by atoms with Crippen LogP contribution >= 0.6 is 0 Å². The molecular formula is C11H17N3O2. The van der Waals surface area contributed by atoms with Gasteiger partial charge in [0.05, 0.1) is 6.61 Å². The van der Waals surface area contributed by atoms with Gasteiger partial charge in [-0.15, -0.1) is 0 Å². The van der Waals surface area contributed by atoms with Crippen molar-refractivity contribution in [3.8, 4) is 0 Å². The van der Waals surface area contributed by atoms with Gasteiger partial charge in [-0.2, -0.15) is 0 Å². The van der Waals surface area contributed by atoms with Crippen LogP contribution in [0.5, 0.6) is 0 Å². The minimum atomic E-state index is -0.159. The Morgan fingerprint density at radius 2 is 2.31 bits per heavy atom. The number of hydrazine groups is 1. The standard InChI is InChI=1S/C11H17N3O2/c12-14-11(15)5-3-8-16-9-6-10-4-1-2-7-13-10/h1-2,4,7H,3,5-6,8-9,12H2,(H,14,15). The van der Waals surface area contributed by atoms with Crippen LogP contribution in [0.1, 0.15) is 18.5 Å². The van der Waals surface area contributed by atoms with E-state index in [1.165, 1.54) is 0 Å². The number of pyridine rings is 1. The molecule has 0 unspecified atom stereocenters. The van der Waals surface area contributed by atoms with E-state index in [2.05, 4.69) is 10.4 Å². The van der Waals surface area contributed by atoms with Gasteiger partial charge >= 0.3 is 0 Å². The number of aromatic nitrogens is 1. The van der Waals surface area contributed by atoms with Crippen LogP contribution in [-0.4, -0.2) is 24.1 Å². The normalized spacial score (nSPS) is 10.1. The van der Waals surface area contributed by atoms with Crippen LogP contribution in [0.2, 0.25) is 0 Å². The van der Waals surface area contributed by atoms with E-state index in [9.17, 15) is 4.79 Å². The average molecular weight is 223 g/mol. The Kier molecular flexibility index (Phi) is 6.13. The highest BCUT2D eigenvalue weighted by atomic mass is 16.5. The Balaban J connectivity index is 1.98. The smallest absolute Gasteiger partial charge is 0.233 e. The molecule has 0 spiro atoms. The van der Waals surface area contributed by atoms with Crippen molar-refractivity contribution in [2.45, 2.75) is 19.3 Å². The molecule has 3 N–H and O–H groups in total.